The average Bonchev–Trinajstić information content (AvgIpc) is 3.18. The average molecular weight is 402 g/mol. The molecule has 1 heterocycles. The maximum Gasteiger partial charge on any atom is 0.451 e. The van der Waals surface area contributed by atoms with Crippen LogP contribution >= 0.6 is 0 Å². The van der Waals surface area contributed by atoms with Gasteiger partial charge in [-0.3, -0.25) is 0 Å². The summed E-state index contributed by atoms with van der Waals surface area (Å²) in [6.07, 6.45) is 6.15. The van der Waals surface area contributed by atoms with Crippen LogP contribution in [-0.2, 0) is 10.2 Å². The maximum absolute atomic E-state index is 13.6. The second-order valence-electron chi connectivity index (χ2n) is 9.24. The Kier molecular flexibility index (Phi) is 6.01. The maximum atomic E-state index is 13.6. The first-order valence-electron chi connectivity index (χ1n) is 10.2. The molecule has 0 aromatic rings. The minimum Gasteiger partial charge on any atom is -0.427 e. The molecule has 1 aliphatic heterocycles. The van der Waals surface area contributed by atoms with Gasteiger partial charge >= 0.3 is 7.12 Å². The summed E-state index contributed by atoms with van der Waals surface area (Å²) in [7, 11) is -4.97. The van der Waals surface area contributed by atoms with Crippen LogP contribution in [-0.4, -0.2) is 70.4 Å². The molecule has 0 aromatic heterocycles. The van der Waals surface area contributed by atoms with E-state index >= 15 is 0 Å². The number of hydrogen-bond donors (Lipinski definition) is 4. The standard InChI is InChI=1S/C17H35BN4O4S/c1-13(17(20)8-9-17)22(15-6-3-7-15)27(25,26)21-11-14(16(2,19)12-21)5-4-10-18(23)24/h13-15,23-24H,3-12,19-20H2,1-2H3/t13?,14-,16-/m0/s1. The third-order valence-corrected chi connectivity index (χ3v) is 9.03. The van der Waals surface area contributed by atoms with Gasteiger partial charge in [-0.2, -0.15) is 17.0 Å². The highest BCUT2D eigenvalue weighted by Crippen LogP contribution is 2.43. The Morgan fingerprint density at radius 2 is 1.93 bits per heavy atom. The second kappa shape index (κ2) is 7.55. The molecule has 1 saturated heterocycles. The highest BCUT2D eigenvalue weighted by atomic mass is 32.2. The van der Waals surface area contributed by atoms with E-state index in [1.54, 1.807) is 4.31 Å². The molecule has 6 N–H and O–H groups in total. The topological polar surface area (TPSA) is 133 Å². The Bertz CT molecular complexity index is 637. The van der Waals surface area contributed by atoms with Gasteiger partial charge in [-0.15, -0.1) is 0 Å². The molecule has 3 atom stereocenters. The van der Waals surface area contributed by atoms with Gasteiger partial charge < -0.3 is 21.5 Å². The predicted octanol–water partition coefficient (Wildman–Crippen LogP) is -0.132. The van der Waals surface area contributed by atoms with Crippen LogP contribution < -0.4 is 11.5 Å². The molecule has 0 bridgehead atoms. The van der Waals surface area contributed by atoms with Crippen molar-refractivity contribution in [2.75, 3.05) is 13.1 Å². The van der Waals surface area contributed by atoms with E-state index in [0.29, 0.717) is 19.4 Å². The normalized spacial score (nSPS) is 32.5. The summed E-state index contributed by atoms with van der Waals surface area (Å²) in [5.74, 6) is -0.00247. The minimum absolute atomic E-state index is 0.00247. The Morgan fingerprint density at radius 3 is 2.41 bits per heavy atom. The van der Waals surface area contributed by atoms with E-state index in [0.717, 1.165) is 32.1 Å². The van der Waals surface area contributed by atoms with Crippen molar-refractivity contribution in [1.29, 1.82) is 0 Å². The third-order valence-electron chi connectivity index (χ3n) is 6.96. The monoisotopic (exact) mass is 402 g/mol. The molecule has 2 aliphatic carbocycles. The van der Waals surface area contributed by atoms with E-state index < -0.39 is 28.4 Å². The van der Waals surface area contributed by atoms with E-state index in [-0.39, 0.29) is 30.9 Å². The Balaban J connectivity index is 1.74. The molecule has 3 rings (SSSR count). The summed E-state index contributed by atoms with van der Waals surface area (Å²) in [5.41, 5.74) is 11.8. The minimum atomic E-state index is -3.64. The van der Waals surface area contributed by atoms with Crippen LogP contribution in [0, 0.1) is 5.92 Å². The fraction of sp³-hybridized carbons (Fsp3) is 1.00. The molecule has 1 unspecified atom stereocenters. The molecule has 27 heavy (non-hydrogen) atoms. The molecule has 0 spiro atoms. The Hall–Kier alpha value is -0.225. The van der Waals surface area contributed by atoms with Crippen LogP contribution in [0.3, 0.4) is 0 Å². The molecule has 156 valence electrons. The fourth-order valence-corrected chi connectivity index (χ4v) is 6.74. The molecule has 0 amide bonds. The summed E-state index contributed by atoms with van der Waals surface area (Å²) >= 11 is 0. The molecule has 2 saturated carbocycles. The fourth-order valence-electron chi connectivity index (χ4n) is 4.47. The van der Waals surface area contributed by atoms with Gasteiger partial charge in [0.05, 0.1) is 0 Å². The lowest BCUT2D eigenvalue weighted by Crippen LogP contribution is -2.60. The number of nitrogens with zero attached hydrogens (tertiary/aromatic N) is 2. The van der Waals surface area contributed by atoms with Crippen LogP contribution in [0.4, 0.5) is 0 Å². The van der Waals surface area contributed by atoms with Crippen molar-refractivity contribution in [1.82, 2.24) is 8.61 Å². The zero-order valence-electron chi connectivity index (χ0n) is 16.5. The molecule has 8 nitrogen and oxygen atoms in total. The van der Waals surface area contributed by atoms with E-state index in [2.05, 4.69) is 0 Å². The summed E-state index contributed by atoms with van der Waals surface area (Å²) in [4.78, 5) is 0. The number of rotatable bonds is 9. The first-order chi connectivity index (χ1) is 12.5. The van der Waals surface area contributed by atoms with Gasteiger partial charge in [0.2, 0.25) is 0 Å². The molecule has 10 heteroatoms. The summed E-state index contributed by atoms with van der Waals surface area (Å²) in [5, 5.41) is 18.1. The molecular weight excluding hydrogens is 367 g/mol. The second-order valence-corrected chi connectivity index (χ2v) is 11.1. The van der Waals surface area contributed by atoms with Crippen molar-refractivity contribution >= 4 is 17.3 Å². The third kappa shape index (κ3) is 4.36. The van der Waals surface area contributed by atoms with Crippen LogP contribution in [0.15, 0.2) is 0 Å². The van der Waals surface area contributed by atoms with Gasteiger partial charge in [0.15, 0.2) is 0 Å². The highest BCUT2D eigenvalue weighted by molar-refractivity contribution is 7.86. The summed E-state index contributed by atoms with van der Waals surface area (Å²) in [6.45, 7) is 4.51. The lowest BCUT2D eigenvalue weighted by atomic mass is 9.79. The van der Waals surface area contributed by atoms with E-state index in [9.17, 15) is 8.42 Å². The van der Waals surface area contributed by atoms with Gasteiger partial charge in [0.25, 0.3) is 10.2 Å². The highest BCUT2D eigenvalue weighted by Gasteiger charge is 2.54. The Labute approximate surface area is 163 Å². The molecule has 3 fully saturated rings. The molecular formula is C17H35BN4O4S. The summed E-state index contributed by atoms with van der Waals surface area (Å²) < 4.78 is 30.3. The Morgan fingerprint density at radius 1 is 1.30 bits per heavy atom. The smallest absolute Gasteiger partial charge is 0.427 e. The quantitative estimate of drug-likeness (QED) is 0.397. The van der Waals surface area contributed by atoms with Gasteiger partial charge in [-0.25, -0.2) is 0 Å². The zero-order valence-corrected chi connectivity index (χ0v) is 17.4. The summed E-state index contributed by atoms with van der Waals surface area (Å²) in [6, 6.07) is -0.168. The molecule has 0 aromatic carbocycles. The van der Waals surface area contributed by atoms with Crippen molar-refractivity contribution in [3.63, 3.8) is 0 Å². The lowest BCUT2D eigenvalue weighted by Gasteiger charge is -2.43. The van der Waals surface area contributed by atoms with Gasteiger partial charge in [0, 0.05) is 36.3 Å². The van der Waals surface area contributed by atoms with E-state index in [1.807, 2.05) is 13.8 Å². The van der Waals surface area contributed by atoms with Crippen LogP contribution in [0.1, 0.15) is 58.8 Å². The van der Waals surface area contributed by atoms with Crippen molar-refractivity contribution < 1.29 is 18.5 Å². The van der Waals surface area contributed by atoms with Crippen molar-refractivity contribution in [3.8, 4) is 0 Å². The number of hydrogen-bond acceptors (Lipinski definition) is 6. The van der Waals surface area contributed by atoms with E-state index in [1.165, 1.54) is 4.31 Å². The van der Waals surface area contributed by atoms with Crippen LogP contribution in [0.5, 0.6) is 0 Å². The van der Waals surface area contributed by atoms with Crippen molar-refractivity contribution in [3.05, 3.63) is 0 Å². The van der Waals surface area contributed by atoms with Gasteiger partial charge in [-0.1, -0.05) is 12.8 Å². The first kappa shape index (κ1) is 21.5. The lowest BCUT2D eigenvalue weighted by molar-refractivity contribution is 0.149. The largest absolute Gasteiger partial charge is 0.451 e. The number of nitrogens with two attached hydrogens (primary N) is 2. The molecule has 0 radical (unpaired) electrons. The van der Waals surface area contributed by atoms with Crippen molar-refractivity contribution in [2.45, 2.75) is 88.3 Å². The first-order valence-corrected chi connectivity index (χ1v) is 11.6. The van der Waals surface area contributed by atoms with Crippen LogP contribution in [0.25, 0.3) is 0 Å². The van der Waals surface area contributed by atoms with E-state index in [4.69, 9.17) is 21.5 Å². The SMILES string of the molecule is CC(N(C1CCC1)S(=O)(=O)N1C[C@H](CCCB(O)O)[C@@](C)(N)C1)C1(N)CC1. The van der Waals surface area contributed by atoms with Gasteiger partial charge in [-0.05, 0) is 58.2 Å². The predicted molar refractivity (Wildman–Crippen MR) is 106 cm³/mol. The van der Waals surface area contributed by atoms with Gasteiger partial charge in [0.1, 0.15) is 0 Å². The van der Waals surface area contributed by atoms with Crippen molar-refractivity contribution in [2.24, 2.45) is 17.4 Å². The molecule has 3 aliphatic rings. The zero-order chi connectivity index (χ0) is 20.0. The van der Waals surface area contributed by atoms with Crippen LogP contribution in [0.2, 0.25) is 6.32 Å².